The lowest BCUT2D eigenvalue weighted by Crippen LogP contribution is -2.36. The average Bonchev–Trinajstić information content (AvgIpc) is 2.62. The summed E-state index contributed by atoms with van der Waals surface area (Å²) in [5.41, 5.74) is 2.92. The van der Waals surface area contributed by atoms with Gasteiger partial charge in [-0.3, -0.25) is 4.79 Å². The van der Waals surface area contributed by atoms with E-state index in [-0.39, 0.29) is 5.91 Å². The predicted molar refractivity (Wildman–Crippen MR) is 105 cm³/mol. The van der Waals surface area contributed by atoms with Gasteiger partial charge in [0, 0.05) is 23.0 Å². The molecule has 1 heterocycles. The van der Waals surface area contributed by atoms with Crippen molar-refractivity contribution >= 4 is 40.6 Å². The Hall–Kier alpha value is -1.69. The molecule has 25 heavy (non-hydrogen) atoms. The second-order valence-corrected chi connectivity index (χ2v) is 7.32. The van der Waals surface area contributed by atoms with Gasteiger partial charge in [-0.25, -0.2) is 0 Å². The van der Waals surface area contributed by atoms with E-state index in [1.807, 2.05) is 49.4 Å². The van der Waals surface area contributed by atoms with Gasteiger partial charge in [0.15, 0.2) is 0 Å². The zero-order valence-corrected chi connectivity index (χ0v) is 15.7. The van der Waals surface area contributed by atoms with E-state index in [2.05, 4.69) is 10.2 Å². The summed E-state index contributed by atoms with van der Waals surface area (Å²) in [6, 6.07) is 13.7. The zero-order chi connectivity index (χ0) is 17.6. The number of nitrogens with one attached hydrogen (secondary N) is 1. The van der Waals surface area contributed by atoms with Crippen LogP contribution in [0.1, 0.15) is 5.56 Å². The molecule has 1 fully saturated rings. The van der Waals surface area contributed by atoms with Crippen molar-refractivity contribution in [1.82, 2.24) is 0 Å². The molecule has 1 aliphatic rings. The van der Waals surface area contributed by atoms with E-state index in [0.29, 0.717) is 24.0 Å². The number of carbonyl (C=O) groups is 1. The summed E-state index contributed by atoms with van der Waals surface area (Å²) in [5.74, 6) is 0.324. The summed E-state index contributed by atoms with van der Waals surface area (Å²) in [4.78, 5) is 15.8. The van der Waals surface area contributed by atoms with Crippen LogP contribution in [0.25, 0.3) is 0 Å². The normalized spacial score (nSPS) is 14.4. The first-order valence-electron chi connectivity index (χ1n) is 8.24. The molecule has 1 amide bonds. The van der Waals surface area contributed by atoms with Gasteiger partial charge in [0.25, 0.3) is 0 Å². The number of carbonyl (C=O) groups excluding carboxylic acids is 1. The number of halogens is 1. The highest BCUT2D eigenvalue weighted by Gasteiger charge is 2.16. The van der Waals surface area contributed by atoms with Crippen LogP contribution < -0.4 is 10.2 Å². The van der Waals surface area contributed by atoms with Gasteiger partial charge >= 0.3 is 0 Å². The Morgan fingerprint density at radius 2 is 2.00 bits per heavy atom. The molecular weight excluding hydrogens is 356 g/mol. The van der Waals surface area contributed by atoms with E-state index in [1.54, 1.807) is 11.8 Å². The van der Waals surface area contributed by atoms with Crippen molar-refractivity contribution in [3.63, 3.8) is 0 Å². The maximum atomic E-state index is 12.4. The second-order valence-electron chi connectivity index (χ2n) is 5.86. The van der Waals surface area contributed by atoms with Crippen molar-refractivity contribution < 1.29 is 9.53 Å². The molecule has 2 aromatic carbocycles. The number of hydrogen-bond acceptors (Lipinski definition) is 4. The van der Waals surface area contributed by atoms with E-state index in [9.17, 15) is 4.79 Å². The highest BCUT2D eigenvalue weighted by molar-refractivity contribution is 8.00. The van der Waals surface area contributed by atoms with Crippen LogP contribution in [0.3, 0.4) is 0 Å². The highest BCUT2D eigenvalue weighted by Crippen LogP contribution is 2.30. The molecule has 0 bridgehead atoms. The third-order valence-corrected chi connectivity index (χ3v) is 5.45. The molecule has 4 nitrogen and oxygen atoms in total. The van der Waals surface area contributed by atoms with Crippen molar-refractivity contribution in [3.8, 4) is 0 Å². The smallest absolute Gasteiger partial charge is 0.234 e. The molecular formula is C19H21ClN2O2S. The van der Waals surface area contributed by atoms with Gasteiger partial charge in [0.05, 0.1) is 30.3 Å². The first-order valence-corrected chi connectivity index (χ1v) is 9.60. The van der Waals surface area contributed by atoms with Crippen LogP contribution >= 0.6 is 23.4 Å². The fourth-order valence-electron chi connectivity index (χ4n) is 2.74. The topological polar surface area (TPSA) is 41.6 Å². The Morgan fingerprint density at radius 1 is 1.24 bits per heavy atom. The number of thioether (sulfide) groups is 1. The van der Waals surface area contributed by atoms with Crippen LogP contribution in [-0.4, -0.2) is 38.0 Å². The third kappa shape index (κ3) is 4.91. The first kappa shape index (κ1) is 18.1. The van der Waals surface area contributed by atoms with E-state index >= 15 is 0 Å². The molecule has 0 aromatic heterocycles. The lowest BCUT2D eigenvalue weighted by Gasteiger charge is -2.30. The average molecular weight is 377 g/mol. The van der Waals surface area contributed by atoms with Gasteiger partial charge in [0.2, 0.25) is 5.91 Å². The summed E-state index contributed by atoms with van der Waals surface area (Å²) in [7, 11) is 0. The van der Waals surface area contributed by atoms with Crippen molar-refractivity contribution in [3.05, 3.63) is 53.1 Å². The number of anilines is 2. The Labute approximate surface area is 157 Å². The number of aryl methyl sites for hydroxylation is 1. The van der Waals surface area contributed by atoms with Gasteiger partial charge in [-0.2, -0.15) is 0 Å². The molecule has 6 heteroatoms. The molecule has 0 aliphatic carbocycles. The minimum Gasteiger partial charge on any atom is -0.378 e. The van der Waals surface area contributed by atoms with Crippen LogP contribution in [0, 0.1) is 6.92 Å². The summed E-state index contributed by atoms with van der Waals surface area (Å²) >= 11 is 7.67. The van der Waals surface area contributed by atoms with E-state index in [0.717, 1.165) is 29.4 Å². The van der Waals surface area contributed by atoms with Crippen LogP contribution in [0.15, 0.2) is 47.4 Å². The fourth-order valence-corrected chi connectivity index (χ4v) is 3.74. The van der Waals surface area contributed by atoms with Gasteiger partial charge < -0.3 is 15.0 Å². The first-order chi connectivity index (χ1) is 12.1. The predicted octanol–water partition coefficient (Wildman–Crippen LogP) is 4.22. The molecule has 2 aromatic rings. The largest absolute Gasteiger partial charge is 0.378 e. The number of nitrogens with zero attached hydrogens (tertiary/aromatic N) is 1. The number of benzene rings is 2. The van der Waals surface area contributed by atoms with Gasteiger partial charge in [-0.1, -0.05) is 29.8 Å². The third-order valence-electron chi connectivity index (χ3n) is 4.04. The Kier molecular flexibility index (Phi) is 6.24. The summed E-state index contributed by atoms with van der Waals surface area (Å²) in [5, 5.41) is 3.62. The minimum atomic E-state index is -0.0370. The van der Waals surface area contributed by atoms with Crippen LogP contribution in [0.4, 0.5) is 11.4 Å². The van der Waals surface area contributed by atoms with Crippen LogP contribution in [0.2, 0.25) is 5.02 Å². The van der Waals surface area contributed by atoms with Crippen LogP contribution in [0.5, 0.6) is 0 Å². The van der Waals surface area contributed by atoms with Gasteiger partial charge in [-0.15, -0.1) is 11.8 Å². The molecule has 1 aliphatic heterocycles. The Balaban J connectivity index is 1.68. The molecule has 1 N–H and O–H groups in total. The highest BCUT2D eigenvalue weighted by atomic mass is 35.5. The summed E-state index contributed by atoms with van der Waals surface area (Å²) < 4.78 is 5.41. The van der Waals surface area contributed by atoms with Crippen LogP contribution in [-0.2, 0) is 9.53 Å². The molecule has 0 saturated carbocycles. The molecule has 132 valence electrons. The van der Waals surface area contributed by atoms with Crippen molar-refractivity contribution in [1.29, 1.82) is 0 Å². The van der Waals surface area contributed by atoms with Crippen molar-refractivity contribution in [2.45, 2.75) is 11.8 Å². The SMILES string of the molecule is Cc1ccccc1SCC(=O)Nc1cc(Cl)ccc1N1CCOCC1. The molecule has 0 spiro atoms. The van der Waals surface area contributed by atoms with Gasteiger partial charge in [-0.05, 0) is 36.8 Å². The van der Waals surface area contributed by atoms with Crippen molar-refractivity contribution in [2.75, 3.05) is 42.3 Å². The molecule has 3 rings (SSSR count). The number of ether oxygens (including phenoxy) is 1. The lowest BCUT2D eigenvalue weighted by molar-refractivity contribution is -0.113. The molecule has 0 atom stereocenters. The Morgan fingerprint density at radius 3 is 2.76 bits per heavy atom. The van der Waals surface area contributed by atoms with Gasteiger partial charge in [0.1, 0.15) is 0 Å². The molecule has 0 radical (unpaired) electrons. The summed E-state index contributed by atoms with van der Waals surface area (Å²) in [6.45, 7) is 5.05. The standard InChI is InChI=1S/C19H21ClN2O2S/c1-14-4-2-3-5-18(14)25-13-19(23)21-16-12-15(20)6-7-17(16)22-8-10-24-11-9-22/h2-7,12H,8-11,13H2,1H3,(H,21,23). The molecule has 1 saturated heterocycles. The molecule has 0 unspecified atom stereocenters. The lowest BCUT2D eigenvalue weighted by atomic mass is 10.2. The monoisotopic (exact) mass is 376 g/mol. The second kappa shape index (κ2) is 8.61. The Bertz CT molecular complexity index is 748. The maximum absolute atomic E-state index is 12.4. The number of hydrogen-bond donors (Lipinski definition) is 1. The van der Waals surface area contributed by atoms with E-state index in [4.69, 9.17) is 16.3 Å². The maximum Gasteiger partial charge on any atom is 0.234 e. The fraction of sp³-hybridized carbons (Fsp3) is 0.316. The summed E-state index contributed by atoms with van der Waals surface area (Å²) in [6.07, 6.45) is 0. The van der Waals surface area contributed by atoms with E-state index in [1.165, 1.54) is 5.56 Å². The quantitative estimate of drug-likeness (QED) is 0.793. The minimum absolute atomic E-state index is 0.0370. The van der Waals surface area contributed by atoms with E-state index < -0.39 is 0 Å². The number of amides is 1. The number of morpholine rings is 1. The van der Waals surface area contributed by atoms with Crippen molar-refractivity contribution in [2.24, 2.45) is 0 Å². The number of rotatable bonds is 5. The zero-order valence-electron chi connectivity index (χ0n) is 14.1.